The van der Waals surface area contributed by atoms with Crippen LogP contribution in [0.3, 0.4) is 0 Å². The summed E-state index contributed by atoms with van der Waals surface area (Å²) in [5.74, 6) is -3.00. The van der Waals surface area contributed by atoms with E-state index in [1.54, 1.807) is 30.3 Å². The van der Waals surface area contributed by atoms with Crippen molar-refractivity contribution in [1.82, 2.24) is 0 Å². The molecule has 0 heterocycles. The molecule has 6 rings (SSSR count). The molecule has 0 aromatic heterocycles. The summed E-state index contributed by atoms with van der Waals surface area (Å²) in [7, 11) is 0. The Bertz CT molecular complexity index is 1650. The molecule has 1 aromatic rings. The number of carbonyl (C=O) groups is 2. The molecule has 3 N–H and O–H groups in total. The first-order valence-corrected chi connectivity index (χ1v) is 19.4. The predicted molar refractivity (Wildman–Crippen MR) is 199 cm³/mol. The minimum atomic E-state index is -3.24. The van der Waals surface area contributed by atoms with Crippen molar-refractivity contribution in [3.8, 4) is 5.75 Å². The molecule has 0 spiro atoms. The zero-order valence-corrected chi connectivity index (χ0v) is 31.2. The number of alkyl halides is 2. The molecule has 7 nitrogen and oxygen atoms in total. The number of ether oxygens (including phenoxy) is 2. The fourth-order valence-electron chi connectivity index (χ4n) is 10.2. The molecule has 0 amide bonds. The molecule has 53 heavy (non-hydrogen) atoms. The Morgan fingerprint density at radius 3 is 2.62 bits per heavy atom. The molecular formula is C44H56F2O7. The van der Waals surface area contributed by atoms with Gasteiger partial charge in [0.15, 0.2) is 12.4 Å². The summed E-state index contributed by atoms with van der Waals surface area (Å²) < 4.78 is 40.1. The fraction of sp³-hybridized carbons (Fsp3) is 0.591. The molecule has 9 atom stereocenters. The minimum absolute atomic E-state index is 0.0989. The molecule has 5 aliphatic rings. The van der Waals surface area contributed by atoms with Crippen LogP contribution in [-0.4, -0.2) is 63.8 Å². The lowest BCUT2D eigenvalue weighted by atomic mass is 9.50. The van der Waals surface area contributed by atoms with E-state index in [1.165, 1.54) is 17.2 Å². The average Bonchev–Trinajstić information content (AvgIpc) is 3.57. The number of halogens is 2. The quantitative estimate of drug-likeness (QED) is 0.0951. The van der Waals surface area contributed by atoms with E-state index in [0.717, 1.165) is 31.8 Å². The molecule has 9 heteroatoms. The summed E-state index contributed by atoms with van der Waals surface area (Å²) in [4.78, 5) is 25.8. The second kappa shape index (κ2) is 15.8. The number of hydrogen-bond acceptors (Lipinski definition) is 7. The van der Waals surface area contributed by atoms with Crippen LogP contribution in [0.1, 0.15) is 90.9 Å². The van der Waals surface area contributed by atoms with Gasteiger partial charge in [0.25, 0.3) is 5.92 Å². The van der Waals surface area contributed by atoms with Crippen LogP contribution >= 0.6 is 0 Å². The second-order valence-corrected chi connectivity index (χ2v) is 16.6. The van der Waals surface area contributed by atoms with E-state index in [0.29, 0.717) is 62.4 Å². The molecule has 0 aliphatic heterocycles. The number of unbranched alkanes of at least 4 members (excludes halogenated alkanes) is 1. The van der Waals surface area contributed by atoms with Crippen molar-refractivity contribution in [3.05, 3.63) is 90.3 Å². The number of aliphatic hydroxyl groups excluding tert-OH is 2. The number of allylic oxidation sites excluding steroid dienone is 7. The van der Waals surface area contributed by atoms with Crippen LogP contribution in [0.2, 0.25) is 0 Å². The molecule has 0 bridgehead atoms. The molecule has 288 valence electrons. The molecule has 3 saturated carbocycles. The maximum atomic E-state index is 14.5. The van der Waals surface area contributed by atoms with Crippen LogP contribution in [0, 0.1) is 34.5 Å². The number of hydrogen-bond donors (Lipinski definition) is 3. The Balaban J connectivity index is 0.943. The van der Waals surface area contributed by atoms with Crippen LogP contribution in [0.25, 0.3) is 0 Å². The lowest BCUT2D eigenvalue weighted by Gasteiger charge is -2.54. The van der Waals surface area contributed by atoms with E-state index in [2.05, 4.69) is 26.5 Å². The van der Waals surface area contributed by atoms with Gasteiger partial charge in [0.2, 0.25) is 5.78 Å². The third-order valence-corrected chi connectivity index (χ3v) is 13.4. The molecule has 0 saturated heterocycles. The van der Waals surface area contributed by atoms with Gasteiger partial charge in [-0.3, -0.25) is 9.59 Å². The number of ketones is 2. The van der Waals surface area contributed by atoms with Gasteiger partial charge in [-0.25, -0.2) is 0 Å². The first kappa shape index (κ1) is 39.3. The largest absolute Gasteiger partial charge is 0.491 e. The summed E-state index contributed by atoms with van der Waals surface area (Å²) in [6, 6.07) is 8.39. The van der Waals surface area contributed by atoms with Crippen LogP contribution in [0.4, 0.5) is 8.78 Å². The van der Waals surface area contributed by atoms with E-state index in [4.69, 9.17) is 9.47 Å². The maximum Gasteiger partial charge on any atom is 0.299 e. The van der Waals surface area contributed by atoms with Crippen LogP contribution in [0.15, 0.2) is 90.3 Å². The monoisotopic (exact) mass is 734 g/mol. The summed E-state index contributed by atoms with van der Waals surface area (Å²) in [6.45, 7) is 7.29. The summed E-state index contributed by atoms with van der Waals surface area (Å²) in [6.07, 6.45) is 15.9. The summed E-state index contributed by atoms with van der Waals surface area (Å²) in [5, 5.41) is 33.0. The first-order valence-electron chi connectivity index (χ1n) is 19.4. The number of aliphatic hydroxyl groups is 3. The number of rotatable bonds is 15. The van der Waals surface area contributed by atoms with Gasteiger partial charge >= 0.3 is 0 Å². The van der Waals surface area contributed by atoms with Gasteiger partial charge in [0.1, 0.15) is 18.0 Å². The van der Waals surface area contributed by atoms with Crippen molar-refractivity contribution in [1.29, 1.82) is 0 Å². The van der Waals surface area contributed by atoms with Crippen LogP contribution < -0.4 is 4.74 Å². The van der Waals surface area contributed by atoms with Crippen molar-refractivity contribution in [3.63, 3.8) is 0 Å². The number of para-hydroxylation sites is 1. The third-order valence-electron chi connectivity index (χ3n) is 13.4. The molecule has 1 aromatic carbocycles. The first-order chi connectivity index (χ1) is 25.2. The van der Waals surface area contributed by atoms with Crippen LogP contribution in [0.5, 0.6) is 5.75 Å². The van der Waals surface area contributed by atoms with E-state index < -0.39 is 47.6 Å². The normalized spacial score (nSPS) is 35.4. The van der Waals surface area contributed by atoms with E-state index in [-0.39, 0.29) is 35.9 Å². The second-order valence-electron chi connectivity index (χ2n) is 16.6. The Hall–Kier alpha value is -3.40. The molecule has 3 fully saturated rings. The standard InChI is InChI=1S/C44H56F2O7/c1-29(11-7-4-5-10-14-33-34(39(49)26-38(33)48)18-23-43(45,46)28-53-32-12-8-6-9-13-32)52-27-40(50)44(51)24-20-37-35-16-15-30-25-31(47)17-21-41(30,2)36(35)19-22-42(37,44)3/h5-6,8-10,12-13,18-19,23,25,33-35,37-39,48-49,51H,1,4,7,11,14-17,20-22,24,26-28H2,2-3H3/b10-5-,23-18+/t33-,34-,35-,37+,38+,39-,41+,42+,44+/m1/s1. The van der Waals surface area contributed by atoms with E-state index in [9.17, 15) is 33.7 Å². The Morgan fingerprint density at radius 1 is 1.08 bits per heavy atom. The maximum absolute atomic E-state index is 14.5. The van der Waals surface area contributed by atoms with Gasteiger partial charge in [-0.1, -0.05) is 74.1 Å². The van der Waals surface area contributed by atoms with E-state index in [1.807, 2.05) is 18.2 Å². The lowest BCUT2D eigenvalue weighted by molar-refractivity contribution is -0.156. The van der Waals surface area contributed by atoms with Gasteiger partial charge in [0.05, 0.1) is 18.0 Å². The Labute approximate surface area is 312 Å². The molecule has 5 aliphatic carbocycles. The molecular weight excluding hydrogens is 678 g/mol. The highest BCUT2D eigenvalue weighted by atomic mass is 19.3. The summed E-state index contributed by atoms with van der Waals surface area (Å²) >= 11 is 0. The van der Waals surface area contributed by atoms with Gasteiger partial charge < -0.3 is 24.8 Å². The SMILES string of the molecule is C=C(CCC/C=C\C[C@@H]1[C@@H](/C=C/C(F)(F)COc2ccccc2)[C@H](O)C[C@@H]1O)OCC(=O)[C@@]1(O)CC[C@H]2[C@@H]3CCC4=CC(=O)CC[C@]4(C)C3=CC[C@@]21C. The number of benzene rings is 1. The highest BCUT2D eigenvalue weighted by Crippen LogP contribution is 2.65. The van der Waals surface area contributed by atoms with Gasteiger partial charge in [-0.2, -0.15) is 8.78 Å². The average molecular weight is 735 g/mol. The number of carbonyl (C=O) groups excluding carboxylic acids is 2. The number of Topliss-reactive ketones (excluding diaryl/α,β-unsaturated/α-hetero) is 1. The molecule has 0 unspecified atom stereocenters. The van der Waals surface area contributed by atoms with E-state index >= 15 is 0 Å². The highest BCUT2D eigenvalue weighted by Gasteiger charge is 2.64. The smallest absolute Gasteiger partial charge is 0.299 e. The van der Waals surface area contributed by atoms with Crippen molar-refractivity contribution >= 4 is 11.6 Å². The molecule has 0 radical (unpaired) electrons. The zero-order chi connectivity index (χ0) is 38.0. The van der Waals surface area contributed by atoms with Crippen molar-refractivity contribution in [2.24, 2.45) is 34.5 Å². The highest BCUT2D eigenvalue weighted by molar-refractivity contribution is 5.92. The lowest BCUT2D eigenvalue weighted by Crippen LogP contribution is -2.55. The van der Waals surface area contributed by atoms with Gasteiger partial charge in [-0.15, -0.1) is 0 Å². The van der Waals surface area contributed by atoms with Crippen molar-refractivity contribution in [2.75, 3.05) is 13.2 Å². The Morgan fingerprint density at radius 2 is 1.85 bits per heavy atom. The minimum Gasteiger partial charge on any atom is -0.491 e. The zero-order valence-electron chi connectivity index (χ0n) is 31.2. The Kier molecular flexibility index (Phi) is 11.7. The van der Waals surface area contributed by atoms with Gasteiger partial charge in [0, 0.05) is 36.0 Å². The fourth-order valence-corrected chi connectivity index (χ4v) is 10.2. The van der Waals surface area contributed by atoms with Crippen LogP contribution in [-0.2, 0) is 14.3 Å². The topological polar surface area (TPSA) is 113 Å². The number of fused-ring (bicyclic) bond motifs is 5. The predicted octanol–water partition coefficient (Wildman–Crippen LogP) is 8.01. The summed E-state index contributed by atoms with van der Waals surface area (Å²) in [5.41, 5.74) is 0.495. The van der Waals surface area contributed by atoms with Crippen molar-refractivity contribution in [2.45, 2.75) is 115 Å². The third kappa shape index (κ3) is 8.04. The van der Waals surface area contributed by atoms with Gasteiger partial charge in [-0.05, 0) is 99.8 Å². The van der Waals surface area contributed by atoms with Crippen molar-refractivity contribution < 1.29 is 43.2 Å².